The van der Waals surface area contributed by atoms with Gasteiger partial charge in [-0.2, -0.15) is 13.2 Å². The van der Waals surface area contributed by atoms with Crippen LogP contribution in [0.3, 0.4) is 0 Å². The van der Waals surface area contributed by atoms with Crippen LogP contribution in [0.15, 0.2) is 34.8 Å². The van der Waals surface area contributed by atoms with Crippen LogP contribution >= 0.6 is 11.3 Å². The number of carbonyl (C=O) groups is 2. The molecule has 0 radical (unpaired) electrons. The summed E-state index contributed by atoms with van der Waals surface area (Å²) in [6.45, 7) is 7.35. The predicted molar refractivity (Wildman–Crippen MR) is 138 cm³/mol. The normalized spacial score (nSPS) is 30.9. The van der Waals surface area contributed by atoms with E-state index in [4.69, 9.17) is 4.74 Å². The highest BCUT2D eigenvalue weighted by Gasteiger charge is 2.42. The van der Waals surface area contributed by atoms with Gasteiger partial charge >= 0.3 is 12.1 Å². The monoisotopic (exact) mass is 559 g/mol. The highest BCUT2D eigenvalue weighted by atomic mass is 32.1. The Labute approximate surface area is 224 Å². The largest absolute Gasteiger partial charge is 0.457 e. The molecule has 1 aromatic rings. The summed E-state index contributed by atoms with van der Waals surface area (Å²) in [6, 6.07) is 0. The van der Waals surface area contributed by atoms with Gasteiger partial charge < -0.3 is 20.1 Å². The summed E-state index contributed by atoms with van der Waals surface area (Å²) in [5, 5.41) is 32.8. The molecule has 0 saturated heterocycles. The standard InChI is InChI=1S/C27H36F3NO6S/c1-15-7-6-8-18(27(28,29)30)9-10-20(16(2)11-19-14-38-22(13-32)31-19)37-23(34)12-21(33)26(4,5)25(36)17(3)24(15)35/h6-7,9,11,14-15,17,20-21,24,32-33,35H,8,10,12-13H2,1-5H3/b7-6+,16-11+,18-9+/t15?,17-,20?,21?,24?/m1/s1. The Kier molecular flexibility index (Phi) is 11.0. The van der Waals surface area contributed by atoms with Crippen molar-refractivity contribution >= 4 is 29.2 Å². The first-order chi connectivity index (χ1) is 17.6. The summed E-state index contributed by atoms with van der Waals surface area (Å²) < 4.78 is 46.8. The van der Waals surface area contributed by atoms with Crippen LogP contribution in [0.25, 0.3) is 6.08 Å². The number of Topliss-reactive ketones (excluding diaryl/α,β-unsaturated/α-hetero) is 1. The van der Waals surface area contributed by atoms with Crippen molar-refractivity contribution in [3.63, 3.8) is 0 Å². The second-order valence-electron chi connectivity index (χ2n) is 10.2. The number of thiazole rings is 1. The number of ketones is 1. The van der Waals surface area contributed by atoms with Gasteiger partial charge in [-0.1, -0.05) is 45.9 Å². The molecule has 5 atom stereocenters. The Morgan fingerprint density at radius 2 is 1.92 bits per heavy atom. The van der Waals surface area contributed by atoms with Crippen LogP contribution in [0, 0.1) is 17.3 Å². The van der Waals surface area contributed by atoms with Crippen LogP contribution in [-0.4, -0.2) is 56.5 Å². The van der Waals surface area contributed by atoms with Gasteiger partial charge in [-0.15, -0.1) is 11.3 Å². The van der Waals surface area contributed by atoms with Crippen molar-refractivity contribution in [3.05, 3.63) is 45.5 Å². The molecule has 0 aromatic carbocycles. The summed E-state index contributed by atoms with van der Waals surface area (Å²) >= 11 is 1.21. The third-order valence-electron chi connectivity index (χ3n) is 6.87. The van der Waals surface area contributed by atoms with Gasteiger partial charge in [-0.3, -0.25) is 9.59 Å². The molecule has 1 aliphatic rings. The Morgan fingerprint density at radius 1 is 1.26 bits per heavy atom. The van der Waals surface area contributed by atoms with Crippen molar-refractivity contribution in [2.24, 2.45) is 17.3 Å². The number of alkyl halides is 3. The van der Waals surface area contributed by atoms with E-state index in [1.165, 1.54) is 44.3 Å². The quantitative estimate of drug-likeness (QED) is 0.361. The first-order valence-electron chi connectivity index (χ1n) is 12.3. The molecule has 212 valence electrons. The van der Waals surface area contributed by atoms with Gasteiger partial charge in [0.15, 0.2) is 0 Å². The van der Waals surface area contributed by atoms with Crippen molar-refractivity contribution in [1.82, 2.24) is 4.98 Å². The average molecular weight is 560 g/mol. The minimum absolute atomic E-state index is 0.262. The third-order valence-corrected chi connectivity index (χ3v) is 7.73. The lowest BCUT2D eigenvalue weighted by molar-refractivity contribution is -0.154. The van der Waals surface area contributed by atoms with E-state index in [0.29, 0.717) is 16.3 Å². The highest BCUT2D eigenvalue weighted by Crippen LogP contribution is 2.33. The van der Waals surface area contributed by atoms with Crippen molar-refractivity contribution in [1.29, 1.82) is 0 Å². The van der Waals surface area contributed by atoms with Crippen molar-refractivity contribution in [2.75, 3.05) is 0 Å². The van der Waals surface area contributed by atoms with Crippen molar-refractivity contribution in [3.8, 4) is 0 Å². The second-order valence-corrected chi connectivity index (χ2v) is 11.2. The third kappa shape index (κ3) is 8.33. The number of halogens is 3. The first-order valence-corrected chi connectivity index (χ1v) is 13.2. The highest BCUT2D eigenvalue weighted by molar-refractivity contribution is 7.09. The number of aromatic nitrogens is 1. The number of esters is 1. The van der Waals surface area contributed by atoms with E-state index < -0.39 is 71.9 Å². The minimum Gasteiger partial charge on any atom is -0.457 e. The first kappa shape index (κ1) is 31.9. The van der Waals surface area contributed by atoms with E-state index in [0.717, 1.165) is 6.08 Å². The number of aliphatic hydroxyl groups is 3. The van der Waals surface area contributed by atoms with E-state index >= 15 is 0 Å². The lowest BCUT2D eigenvalue weighted by Gasteiger charge is -2.34. The number of allylic oxidation sites excluding steroid dienone is 2. The molecule has 2 heterocycles. The molecule has 1 aliphatic heterocycles. The molecule has 4 unspecified atom stereocenters. The van der Waals surface area contributed by atoms with E-state index in [-0.39, 0.29) is 13.0 Å². The van der Waals surface area contributed by atoms with Gasteiger partial charge in [0.1, 0.15) is 16.9 Å². The number of hydrogen-bond donors (Lipinski definition) is 3. The summed E-state index contributed by atoms with van der Waals surface area (Å²) in [5.41, 5.74) is -1.38. The van der Waals surface area contributed by atoms with Gasteiger partial charge in [0.2, 0.25) is 0 Å². The Bertz CT molecular complexity index is 1080. The molecule has 0 aliphatic carbocycles. The molecule has 0 fully saturated rings. The molecular weight excluding hydrogens is 523 g/mol. The van der Waals surface area contributed by atoms with E-state index in [1.54, 1.807) is 25.3 Å². The SMILES string of the molecule is C/C(=C\c1csc(CO)n1)C1C/C=C(/C(F)(F)F)C/C=C/C(C)C(O)[C@@H](C)C(=O)C(C)(C)C(O)CC(=O)O1. The maximum Gasteiger partial charge on any atom is 0.412 e. The van der Waals surface area contributed by atoms with Crippen molar-refractivity contribution in [2.45, 2.75) is 85.0 Å². The number of hydrogen-bond acceptors (Lipinski definition) is 8. The molecule has 38 heavy (non-hydrogen) atoms. The molecule has 1 aromatic heterocycles. The number of rotatable bonds is 3. The van der Waals surface area contributed by atoms with Crippen LogP contribution in [0.4, 0.5) is 13.2 Å². The molecule has 0 saturated carbocycles. The van der Waals surface area contributed by atoms with Crippen LogP contribution in [0.1, 0.15) is 64.6 Å². The lowest BCUT2D eigenvalue weighted by atomic mass is 9.73. The number of nitrogens with zero attached hydrogens (tertiary/aromatic N) is 1. The van der Waals surface area contributed by atoms with Gasteiger partial charge in [-0.25, -0.2) is 4.98 Å². The zero-order chi connectivity index (χ0) is 28.8. The topological polar surface area (TPSA) is 117 Å². The average Bonchev–Trinajstić information content (AvgIpc) is 3.29. The summed E-state index contributed by atoms with van der Waals surface area (Å²) in [6.07, 6.45) is -4.45. The van der Waals surface area contributed by atoms with Crippen LogP contribution in [0.5, 0.6) is 0 Å². The van der Waals surface area contributed by atoms with Crippen molar-refractivity contribution < 1.29 is 42.8 Å². The lowest BCUT2D eigenvalue weighted by Crippen LogP contribution is -2.45. The number of aliphatic hydroxyl groups excluding tert-OH is 3. The molecular formula is C27H36F3NO6S. The van der Waals surface area contributed by atoms with Crippen LogP contribution in [-0.2, 0) is 20.9 Å². The van der Waals surface area contributed by atoms with E-state index in [9.17, 15) is 38.1 Å². The fourth-order valence-electron chi connectivity index (χ4n) is 4.19. The maximum atomic E-state index is 13.8. The Hall–Kier alpha value is -2.34. The van der Waals surface area contributed by atoms with E-state index in [1.807, 2.05) is 0 Å². The fourth-order valence-corrected chi connectivity index (χ4v) is 4.80. The molecule has 7 nitrogen and oxygen atoms in total. The fraction of sp³-hybridized carbons (Fsp3) is 0.593. The van der Waals surface area contributed by atoms with Gasteiger partial charge in [0, 0.05) is 29.2 Å². The van der Waals surface area contributed by atoms with Gasteiger partial charge in [0.25, 0.3) is 0 Å². The maximum absolute atomic E-state index is 13.8. The molecule has 3 N–H and O–H groups in total. The predicted octanol–water partition coefficient (Wildman–Crippen LogP) is 4.77. The molecule has 0 amide bonds. The minimum atomic E-state index is -4.64. The zero-order valence-corrected chi connectivity index (χ0v) is 23.0. The van der Waals surface area contributed by atoms with E-state index in [2.05, 4.69) is 4.98 Å². The number of cyclic esters (lactones) is 1. The Balaban J connectivity index is 2.50. The zero-order valence-electron chi connectivity index (χ0n) is 22.2. The summed E-state index contributed by atoms with van der Waals surface area (Å²) in [5.74, 6) is -2.94. The molecule has 0 bridgehead atoms. The Morgan fingerprint density at radius 3 is 2.50 bits per heavy atom. The number of carbonyl (C=O) groups excluding carboxylic acids is 2. The molecule has 11 heteroatoms. The smallest absolute Gasteiger partial charge is 0.412 e. The molecule has 0 spiro atoms. The van der Waals surface area contributed by atoms with Crippen LogP contribution < -0.4 is 0 Å². The van der Waals surface area contributed by atoms with Gasteiger partial charge in [-0.05, 0) is 25.0 Å². The summed E-state index contributed by atoms with van der Waals surface area (Å²) in [7, 11) is 0. The number of ether oxygens (including phenoxy) is 1. The second kappa shape index (κ2) is 13.1. The summed E-state index contributed by atoms with van der Waals surface area (Å²) in [4.78, 5) is 30.1. The van der Waals surface area contributed by atoms with Gasteiger partial charge in [0.05, 0.1) is 36.3 Å². The van der Waals surface area contributed by atoms with Crippen LogP contribution in [0.2, 0.25) is 0 Å². The molecule has 2 rings (SSSR count).